The lowest BCUT2D eigenvalue weighted by Crippen LogP contribution is -2.25. The molecule has 1 rings (SSSR count). The van der Waals surface area contributed by atoms with Crippen LogP contribution in [0.1, 0.15) is 18.9 Å². The minimum atomic E-state index is -0.931. The molecule has 0 fully saturated rings. The fourth-order valence-corrected chi connectivity index (χ4v) is 1.14. The molecule has 0 saturated heterocycles. The Labute approximate surface area is 77.0 Å². The second-order valence-corrected chi connectivity index (χ2v) is 3.15. The highest BCUT2D eigenvalue weighted by Crippen LogP contribution is 1.99. The van der Waals surface area contributed by atoms with Crippen molar-refractivity contribution in [2.75, 3.05) is 0 Å². The van der Waals surface area contributed by atoms with Gasteiger partial charge in [0.2, 0.25) is 0 Å². The summed E-state index contributed by atoms with van der Waals surface area (Å²) in [5.74, 6) is 0. The molecule has 0 N–H and O–H groups in total. The monoisotopic (exact) mass is 183 g/mol. The van der Waals surface area contributed by atoms with Gasteiger partial charge in [0, 0.05) is 11.8 Å². The van der Waals surface area contributed by atoms with Crippen LogP contribution in [0.25, 0.3) is 0 Å². The summed E-state index contributed by atoms with van der Waals surface area (Å²) in [6.45, 7) is 3.67. The summed E-state index contributed by atoms with van der Waals surface area (Å²) >= 11 is 0. The first kappa shape index (κ1) is 9.96. The molecule has 0 amide bonds. The molecule has 0 radical (unpaired) electrons. The highest BCUT2D eigenvalue weighted by atomic mass is 19.1. The molecule has 0 bridgehead atoms. The van der Waals surface area contributed by atoms with Gasteiger partial charge < -0.3 is 4.57 Å². The van der Waals surface area contributed by atoms with Gasteiger partial charge in [0.25, 0.3) is 5.56 Å². The van der Waals surface area contributed by atoms with Gasteiger partial charge >= 0.3 is 0 Å². The number of nitrogens with zero attached hydrogens (tertiary/aromatic N) is 1. The lowest BCUT2D eigenvalue weighted by molar-refractivity contribution is 0.284. The van der Waals surface area contributed by atoms with Gasteiger partial charge in [-0.15, -0.1) is 0 Å². The van der Waals surface area contributed by atoms with Gasteiger partial charge in [-0.3, -0.25) is 4.79 Å². The van der Waals surface area contributed by atoms with Crippen LogP contribution in [0.2, 0.25) is 0 Å². The van der Waals surface area contributed by atoms with E-state index in [1.54, 1.807) is 32.2 Å². The molecule has 0 spiro atoms. The smallest absolute Gasteiger partial charge is 0.253 e. The maximum Gasteiger partial charge on any atom is 0.253 e. The molecule has 2 nitrogen and oxygen atoms in total. The van der Waals surface area contributed by atoms with E-state index in [0.29, 0.717) is 12.0 Å². The van der Waals surface area contributed by atoms with E-state index in [-0.39, 0.29) is 12.1 Å². The van der Waals surface area contributed by atoms with Gasteiger partial charge in [-0.1, -0.05) is 13.0 Å². The van der Waals surface area contributed by atoms with Crippen LogP contribution >= 0.6 is 0 Å². The van der Waals surface area contributed by atoms with Crippen LogP contribution < -0.4 is 5.56 Å². The Balaban J connectivity index is 2.89. The van der Waals surface area contributed by atoms with Crippen molar-refractivity contribution in [3.05, 3.63) is 34.2 Å². The maximum absolute atomic E-state index is 13.0. The van der Waals surface area contributed by atoms with Crippen molar-refractivity contribution in [2.24, 2.45) is 0 Å². The summed E-state index contributed by atoms with van der Waals surface area (Å²) in [7, 11) is 0. The van der Waals surface area contributed by atoms with Crippen LogP contribution in [0.5, 0.6) is 0 Å². The normalized spacial score (nSPS) is 12.8. The van der Waals surface area contributed by atoms with E-state index in [2.05, 4.69) is 0 Å². The lowest BCUT2D eigenvalue weighted by Gasteiger charge is -2.08. The minimum Gasteiger partial charge on any atom is -0.312 e. The third-order valence-corrected chi connectivity index (χ3v) is 2.05. The van der Waals surface area contributed by atoms with E-state index < -0.39 is 6.17 Å². The topological polar surface area (TPSA) is 22.0 Å². The number of hydrogen-bond donors (Lipinski definition) is 0. The van der Waals surface area contributed by atoms with Gasteiger partial charge in [0.15, 0.2) is 0 Å². The molecular formula is C10H14FNO. The van der Waals surface area contributed by atoms with Crippen molar-refractivity contribution in [2.45, 2.75) is 33.0 Å². The molecular weight excluding hydrogens is 169 g/mol. The molecule has 1 aromatic heterocycles. The van der Waals surface area contributed by atoms with Gasteiger partial charge in [-0.05, 0) is 19.4 Å². The Morgan fingerprint density at radius 3 is 2.92 bits per heavy atom. The predicted molar refractivity (Wildman–Crippen MR) is 50.6 cm³/mol. The Kier molecular flexibility index (Phi) is 3.23. The SMILES string of the molecule is CCC(F)Cn1cccc(C)c1=O. The molecule has 1 atom stereocenters. The van der Waals surface area contributed by atoms with Gasteiger partial charge in [-0.2, -0.15) is 0 Å². The number of halogens is 1. The summed E-state index contributed by atoms with van der Waals surface area (Å²) in [6, 6.07) is 3.50. The molecule has 3 heteroatoms. The van der Waals surface area contributed by atoms with Crippen LogP contribution in [0.4, 0.5) is 4.39 Å². The average molecular weight is 183 g/mol. The summed E-state index contributed by atoms with van der Waals surface area (Å²) in [5.41, 5.74) is 0.560. The summed E-state index contributed by atoms with van der Waals surface area (Å²) < 4.78 is 14.4. The fraction of sp³-hybridized carbons (Fsp3) is 0.500. The van der Waals surface area contributed by atoms with Crippen LogP contribution in [0.15, 0.2) is 23.1 Å². The average Bonchev–Trinajstić information content (AvgIpc) is 2.13. The molecule has 1 aromatic rings. The molecule has 1 unspecified atom stereocenters. The number of alkyl halides is 1. The Morgan fingerprint density at radius 1 is 1.62 bits per heavy atom. The first-order valence-electron chi connectivity index (χ1n) is 4.45. The van der Waals surface area contributed by atoms with Crippen molar-refractivity contribution in [1.29, 1.82) is 0 Å². The van der Waals surface area contributed by atoms with Gasteiger partial charge in [-0.25, -0.2) is 4.39 Å². The third kappa shape index (κ3) is 2.41. The summed E-state index contributed by atoms with van der Waals surface area (Å²) in [5, 5.41) is 0. The Hall–Kier alpha value is -1.12. The summed E-state index contributed by atoms with van der Waals surface area (Å²) in [6.07, 6.45) is 1.14. The minimum absolute atomic E-state index is 0.0985. The van der Waals surface area contributed by atoms with Crippen molar-refractivity contribution in [3.8, 4) is 0 Å². The summed E-state index contributed by atoms with van der Waals surface area (Å²) in [4.78, 5) is 11.4. The highest BCUT2D eigenvalue weighted by molar-refractivity contribution is 5.07. The van der Waals surface area contributed by atoms with E-state index >= 15 is 0 Å². The quantitative estimate of drug-likeness (QED) is 0.701. The number of aryl methyl sites for hydroxylation is 1. The van der Waals surface area contributed by atoms with Crippen molar-refractivity contribution in [1.82, 2.24) is 4.57 Å². The largest absolute Gasteiger partial charge is 0.312 e. The van der Waals surface area contributed by atoms with E-state index in [9.17, 15) is 9.18 Å². The lowest BCUT2D eigenvalue weighted by atomic mass is 10.2. The van der Waals surface area contributed by atoms with E-state index in [1.165, 1.54) is 4.57 Å². The molecule has 1 heterocycles. The zero-order valence-electron chi connectivity index (χ0n) is 7.96. The molecule has 72 valence electrons. The zero-order chi connectivity index (χ0) is 9.84. The van der Waals surface area contributed by atoms with Crippen LogP contribution in [-0.2, 0) is 6.54 Å². The van der Waals surface area contributed by atoms with Crippen molar-refractivity contribution in [3.63, 3.8) is 0 Å². The molecule has 13 heavy (non-hydrogen) atoms. The molecule has 0 aromatic carbocycles. The molecule has 0 saturated carbocycles. The number of hydrogen-bond acceptors (Lipinski definition) is 1. The zero-order valence-corrected chi connectivity index (χ0v) is 7.96. The number of aromatic nitrogens is 1. The van der Waals surface area contributed by atoms with Crippen molar-refractivity contribution < 1.29 is 4.39 Å². The van der Waals surface area contributed by atoms with E-state index in [0.717, 1.165) is 0 Å². The predicted octanol–water partition coefficient (Wildman–Crippen LogP) is 1.90. The van der Waals surface area contributed by atoms with Crippen molar-refractivity contribution >= 4 is 0 Å². The van der Waals surface area contributed by atoms with Crippen LogP contribution in [0, 0.1) is 6.92 Å². The Morgan fingerprint density at radius 2 is 2.31 bits per heavy atom. The maximum atomic E-state index is 13.0. The number of pyridine rings is 1. The Bertz CT molecular complexity index is 332. The van der Waals surface area contributed by atoms with E-state index in [1.807, 2.05) is 0 Å². The standard InChI is InChI=1S/C10H14FNO/c1-3-9(11)7-12-6-4-5-8(2)10(12)13/h4-6,9H,3,7H2,1-2H3. The third-order valence-electron chi connectivity index (χ3n) is 2.05. The van der Waals surface area contributed by atoms with Crippen LogP contribution in [-0.4, -0.2) is 10.7 Å². The highest BCUT2D eigenvalue weighted by Gasteiger charge is 2.05. The van der Waals surface area contributed by atoms with E-state index in [4.69, 9.17) is 0 Å². The van der Waals surface area contributed by atoms with Crippen LogP contribution in [0.3, 0.4) is 0 Å². The molecule has 0 aliphatic rings. The second-order valence-electron chi connectivity index (χ2n) is 3.15. The first-order valence-corrected chi connectivity index (χ1v) is 4.45. The van der Waals surface area contributed by atoms with Gasteiger partial charge in [0.05, 0.1) is 6.54 Å². The fourth-order valence-electron chi connectivity index (χ4n) is 1.14. The van der Waals surface area contributed by atoms with Gasteiger partial charge in [0.1, 0.15) is 6.17 Å². The second kappa shape index (κ2) is 4.21. The molecule has 0 aliphatic carbocycles. The molecule has 0 aliphatic heterocycles. The first-order chi connectivity index (χ1) is 6.15. The number of rotatable bonds is 3.